The molecule has 1 amide bonds. The summed E-state index contributed by atoms with van der Waals surface area (Å²) in [5, 5.41) is 0.344. The van der Waals surface area contributed by atoms with E-state index in [1.54, 1.807) is 30.4 Å². The van der Waals surface area contributed by atoms with Crippen LogP contribution in [0.3, 0.4) is 0 Å². The van der Waals surface area contributed by atoms with E-state index >= 15 is 0 Å². The van der Waals surface area contributed by atoms with Crippen LogP contribution < -0.4 is 4.74 Å². The van der Waals surface area contributed by atoms with E-state index in [9.17, 15) is 13.6 Å². The van der Waals surface area contributed by atoms with Crippen molar-refractivity contribution in [2.75, 3.05) is 13.2 Å². The number of carbonyl (C=O) groups is 1. The van der Waals surface area contributed by atoms with Crippen molar-refractivity contribution in [3.05, 3.63) is 47.5 Å². The number of rotatable bonds is 6. The van der Waals surface area contributed by atoms with Gasteiger partial charge in [0.1, 0.15) is 12.4 Å². The number of allylic oxidation sites excluding steroid dienone is 1. The third kappa shape index (κ3) is 4.44. The van der Waals surface area contributed by atoms with Gasteiger partial charge in [-0.25, -0.2) is 8.78 Å². The van der Waals surface area contributed by atoms with Gasteiger partial charge in [0.15, 0.2) is 0 Å². The third-order valence-corrected chi connectivity index (χ3v) is 4.60. The summed E-state index contributed by atoms with van der Waals surface area (Å²) >= 11 is 8.21. The maximum Gasteiger partial charge on any atom is 0.256 e. The van der Waals surface area contributed by atoms with E-state index in [0.717, 1.165) is 4.90 Å². The summed E-state index contributed by atoms with van der Waals surface area (Å²) in [7, 11) is 0. The summed E-state index contributed by atoms with van der Waals surface area (Å²) in [4.78, 5) is 13.3. The van der Waals surface area contributed by atoms with Crippen molar-refractivity contribution in [3.8, 4) is 5.75 Å². The fourth-order valence-electron chi connectivity index (χ4n) is 2.24. The molecule has 2 rings (SSSR count). The fourth-order valence-corrected chi connectivity index (χ4v) is 3.10. The van der Waals surface area contributed by atoms with Crippen LogP contribution in [0.5, 0.6) is 5.75 Å². The first-order chi connectivity index (χ1) is 10.9. The largest absolute Gasteiger partial charge is 0.490 e. The molecule has 0 aliphatic carbocycles. The molecule has 0 saturated carbocycles. The van der Waals surface area contributed by atoms with Crippen molar-refractivity contribution in [3.63, 3.8) is 0 Å². The molecule has 1 unspecified atom stereocenters. The van der Waals surface area contributed by atoms with Crippen LogP contribution in [-0.2, 0) is 4.79 Å². The van der Waals surface area contributed by atoms with Gasteiger partial charge in [0.05, 0.1) is 15.5 Å². The zero-order valence-corrected chi connectivity index (χ0v) is 15.1. The molecule has 1 aliphatic rings. The van der Waals surface area contributed by atoms with E-state index in [1.807, 2.05) is 22.6 Å². The molecule has 0 fully saturated rings. The second-order valence-electron chi connectivity index (χ2n) is 4.87. The number of nitrogens with zero attached hydrogens (tertiary/aromatic N) is 1. The van der Waals surface area contributed by atoms with Gasteiger partial charge in [0.25, 0.3) is 6.43 Å². The molecule has 0 radical (unpaired) electrons. The minimum atomic E-state index is -2.61. The molecule has 0 N–H and O–H groups in total. The summed E-state index contributed by atoms with van der Waals surface area (Å²) in [6, 6.07) is 4.96. The number of alkyl halides is 3. The highest BCUT2D eigenvalue weighted by molar-refractivity contribution is 14.1. The summed E-state index contributed by atoms with van der Waals surface area (Å²) in [5.74, 6) is 0.222. The second-order valence-corrected chi connectivity index (χ2v) is 6.78. The van der Waals surface area contributed by atoms with Crippen LogP contribution in [0.2, 0.25) is 5.02 Å². The Balaban J connectivity index is 2.34. The van der Waals surface area contributed by atoms with Crippen molar-refractivity contribution in [1.82, 2.24) is 4.90 Å². The van der Waals surface area contributed by atoms with Crippen LogP contribution in [0, 0.1) is 0 Å². The molecule has 0 spiro atoms. The Bertz CT molecular complexity index is 637. The standard InChI is InChI=1S/C16H15ClF2INO2/c1-2-7-23-10-3-4-11(12(17)8-10)14-6-5-13(20)16(22)21(14)9-15(18)19/h2-4,6,8,13,15H,1,5,7,9H2. The zero-order valence-electron chi connectivity index (χ0n) is 12.1. The highest BCUT2D eigenvalue weighted by Gasteiger charge is 2.31. The summed E-state index contributed by atoms with van der Waals surface area (Å²) in [6.45, 7) is 3.25. The SMILES string of the molecule is C=CCOc1ccc(C2=CCC(I)C(=O)N2CC(F)F)c(Cl)c1. The van der Waals surface area contributed by atoms with Crippen LogP contribution in [0.15, 0.2) is 36.9 Å². The maximum atomic E-state index is 12.8. The fraction of sp³-hybridized carbons (Fsp3) is 0.312. The Labute approximate surface area is 152 Å². The van der Waals surface area contributed by atoms with Gasteiger partial charge in [-0.2, -0.15) is 0 Å². The molecule has 0 bridgehead atoms. The Morgan fingerprint density at radius 2 is 2.26 bits per heavy atom. The Kier molecular flexibility index (Phi) is 6.41. The predicted octanol–water partition coefficient (Wildman–Crippen LogP) is 4.55. The van der Waals surface area contributed by atoms with E-state index in [-0.39, 0.29) is 9.83 Å². The average molecular weight is 454 g/mol. The minimum Gasteiger partial charge on any atom is -0.490 e. The molecular weight excluding hydrogens is 439 g/mol. The second kappa shape index (κ2) is 8.10. The van der Waals surface area contributed by atoms with Crippen molar-refractivity contribution in [1.29, 1.82) is 0 Å². The van der Waals surface area contributed by atoms with Gasteiger partial charge in [0.2, 0.25) is 5.91 Å². The van der Waals surface area contributed by atoms with E-state index in [4.69, 9.17) is 16.3 Å². The molecule has 1 aromatic carbocycles. The summed E-state index contributed by atoms with van der Waals surface area (Å²) < 4.78 is 30.7. The highest BCUT2D eigenvalue weighted by atomic mass is 127. The third-order valence-electron chi connectivity index (χ3n) is 3.25. The molecule has 1 aliphatic heterocycles. The normalized spacial score (nSPS) is 18.1. The number of amides is 1. The van der Waals surface area contributed by atoms with Gasteiger partial charge >= 0.3 is 0 Å². The first-order valence-electron chi connectivity index (χ1n) is 6.91. The van der Waals surface area contributed by atoms with Gasteiger partial charge in [-0.15, -0.1) is 0 Å². The van der Waals surface area contributed by atoms with Crippen LogP contribution in [0.25, 0.3) is 5.70 Å². The van der Waals surface area contributed by atoms with Crippen LogP contribution in [-0.4, -0.2) is 34.3 Å². The minimum absolute atomic E-state index is 0.327. The predicted molar refractivity (Wildman–Crippen MR) is 95.3 cm³/mol. The van der Waals surface area contributed by atoms with Crippen molar-refractivity contribution < 1.29 is 18.3 Å². The molecule has 0 aromatic heterocycles. The van der Waals surface area contributed by atoms with Gasteiger partial charge in [-0.1, -0.05) is 52.9 Å². The monoisotopic (exact) mass is 453 g/mol. The Hall–Kier alpha value is -1.15. The number of hydrogen-bond acceptors (Lipinski definition) is 2. The number of benzene rings is 1. The van der Waals surface area contributed by atoms with Gasteiger partial charge in [0, 0.05) is 11.3 Å². The molecule has 0 saturated heterocycles. The lowest BCUT2D eigenvalue weighted by atomic mass is 10.0. The number of halogens is 4. The van der Waals surface area contributed by atoms with Gasteiger partial charge < -0.3 is 9.64 Å². The van der Waals surface area contributed by atoms with E-state index < -0.39 is 13.0 Å². The van der Waals surface area contributed by atoms with Crippen LogP contribution in [0.1, 0.15) is 12.0 Å². The lowest BCUT2D eigenvalue weighted by Crippen LogP contribution is -2.40. The lowest BCUT2D eigenvalue weighted by molar-refractivity contribution is -0.128. The van der Waals surface area contributed by atoms with E-state index in [1.165, 1.54) is 0 Å². The first kappa shape index (κ1) is 18.2. The first-order valence-corrected chi connectivity index (χ1v) is 8.53. The Morgan fingerprint density at radius 1 is 1.52 bits per heavy atom. The molecule has 23 heavy (non-hydrogen) atoms. The van der Waals surface area contributed by atoms with E-state index in [2.05, 4.69) is 6.58 Å². The van der Waals surface area contributed by atoms with Crippen molar-refractivity contribution >= 4 is 45.8 Å². The molecule has 124 valence electrons. The smallest absolute Gasteiger partial charge is 0.256 e. The van der Waals surface area contributed by atoms with Crippen LogP contribution >= 0.6 is 34.2 Å². The average Bonchev–Trinajstić information content (AvgIpc) is 2.50. The topological polar surface area (TPSA) is 29.5 Å². The van der Waals surface area contributed by atoms with Crippen LogP contribution in [0.4, 0.5) is 8.78 Å². The quantitative estimate of drug-likeness (QED) is 0.359. The molecule has 7 heteroatoms. The van der Waals surface area contributed by atoms with Crippen molar-refractivity contribution in [2.24, 2.45) is 0 Å². The number of carbonyl (C=O) groups excluding carboxylic acids is 1. The molecule has 1 heterocycles. The van der Waals surface area contributed by atoms with Gasteiger partial charge in [-0.05, 0) is 24.6 Å². The zero-order chi connectivity index (χ0) is 17.0. The highest BCUT2D eigenvalue weighted by Crippen LogP contribution is 2.34. The summed E-state index contributed by atoms with van der Waals surface area (Å²) in [5.41, 5.74) is 0.957. The maximum absolute atomic E-state index is 12.8. The summed E-state index contributed by atoms with van der Waals surface area (Å²) in [6.07, 6.45) is 1.25. The number of hydrogen-bond donors (Lipinski definition) is 0. The Morgan fingerprint density at radius 3 is 2.87 bits per heavy atom. The van der Waals surface area contributed by atoms with Gasteiger partial charge in [-0.3, -0.25) is 4.79 Å². The lowest BCUT2D eigenvalue weighted by Gasteiger charge is -2.31. The molecular formula is C16H15ClF2INO2. The molecule has 1 aromatic rings. The van der Waals surface area contributed by atoms with Crippen molar-refractivity contribution in [2.45, 2.75) is 16.8 Å². The molecule has 3 nitrogen and oxygen atoms in total. The number of ether oxygens (including phenoxy) is 1. The van der Waals surface area contributed by atoms with E-state index in [0.29, 0.717) is 35.1 Å². The molecule has 1 atom stereocenters.